The molecule has 1 aromatic heterocycles. The van der Waals surface area contributed by atoms with Gasteiger partial charge in [0.2, 0.25) is 0 Å². The first-order valence-corrected chi connectivity index (χ1v) is 5.01. The Kier molecular flexibility index (Phi) is 3.32. The number of nitrogens with one attached hydrogen (secondary N) is 2. The minimum Gasteiger partial charge on any atom is -0.345 e. The fourth-order valence-electron chi connectivity index (χ4n) is 1.42. The maximum atomic E-state index is 10.8. The van der Waals surface area contributed by atoms with Gasteiger partial charge in [-0.05, 0) is 17.7 Å². The average molecular weight is 229 g/mol. The van der Waals surface area contributed by atoms with E-state index in [0.29, 0.717) is 0 Å². The number of carbonyl (C=O) groups is 1. The van der Waals surface area contributed by atoms with Gasteiger partial charge in [-0.25, -0.2) is 10.5 Å². The fourth-order valence-corrected chi connectivity index (χ4v) is 1.42. The minimum atomic E-state index is -0.562. The number of benzene rings is 1. The van der Waals surface area contributed by atoms with Crippen LogP contribution < -0.4 is 5.48 Å². The first-order valence-electron chi connectivity index (χ1n) is 5.01. The molecule has 17 heavy (non-hydrogen) atoms. The SMILES string of the molecule is O=C(C=Cc1cccc(-c2ncc[nH]2)c1)NO. The van der Waals surface area contributed by atoms with Crippen LogP contribution in [0, 0.1) is 0 Å². The van der Waals surface area contributed by atoms with Crippen LogP contribution in [0.1, 0.15) is 5.56 Å². The summed E-state index contributed by atoms with van der Waals surface area (Å²) in [5, 5.41) is 8.35. The molecule has 86 valence electrons. The zero-order chi connectivity index (χ0) is 12.1. The van der Waals surface area contributed by atoms with Crippen molar-refractivity contribution in [3.63, 3.8) is 0 Å². The number of hydroxylamine groups is 1. The normalized spacial score (nSPS) is 10.6. The number of aromatic amines is 1. The van der Waals surface area contributed by atoms with E-state index in [2.05, 4.69) is 9.97 Å². The van der Waals surface area contributed by atoms with Crippen molar-refractivity contribution in [1.82, 2.24) is 15.4 Å². The van der Waals surface area contributed by atoms with Crippen LogP contribution in [-0.4, -0.2) is 21.1 Å². The highest BCUT2D eigenvalue weighted by Gasteiger charge is 1.99. The van der Waals surface area contributed by atoms with E-state index in [4.69, 9.17) is 5.21 Å². The van der Waals surface area contributed by atoms with Crippen molar-refractivity contribution in [2.45, 2.75) is 0 Å². The number of nitrogens with zero attached hydrogens (tertiary/aromatic N) is 1. The molecule has 0 bridgehead atoms. The van der Waals surface area contributed by atoms with Gasteiger partial charge in [0.05, 0.1) is 0 Å². The lowest BCUT2D eigenvalue weighted by atomic mass is 10.1. The van der Waals surface area contributed by atoms with Crippen molar-refractivity contribution in [3.05, 3.63) is 48.3 Å². The molecule has 0 radical (unpaired) electrons. The molecule has 0 saturated heterocycles. The Balaban J connectivity index is 2.23. The van der Waals surface area contributed by atoms with Gasteiger partial charge >= 0.3 is 0 Å². The van der Waals surface area contributed by atoms with Crippen LogP contribution >= 0.6 is 0 Å². The number of rotatable bonds is 3. The quantitative estimate of drug-likeness (QED) is 0.425. The predicted octanol–water partition coefficient (Wildman–Crippen LogP) is 1.60. The summed E-state index contributed by atoms with van der Waals surface area (Å²) < 4.78 is 0. The van der Waals surface area contributed by atoms with Gasteiger partial charge in [0.25, 0.3) is 5.91 Å². The van der Waals surface area contributed by atoms with Crippen molar-refractivity contribution in [2.75, 3.05) is 0 Å². The summed E-state index contributed by atoms with van der Waals surface area (Å²) in [7, 11) is 0. The second-order valence-electron chi connectivity index (χ2n) is 3.37. The summed E-state index contributed by atoms with van der Waals surface area (Å²) in [6.45, 7) is 0. The van der Waals surface area contributed by atoms with Gasteiger partial charge in [0.1, 0.15) is 5.82 Å². The standard InChI is InChI=1S/C12H11N3O2/c16-11(15-17)5-4-9-2-1-3-10(8-9)12-13-6-7-14-12/h1-8,17H,(H,13,14)(H,15,16). The Morgan fingerprint density at radius 2 is 2.35 bits per heavy atom. The summed E-state index contributed by atoms with van der Waals surface area (Å²) in [6.07, 6.45) is 6.29. The molecule has 1 aromatic carbocycles. The van der Waals surface area contributed by atoms with Crippen LogP contribution in [0.4, 0.5) is 0 Å². The van der Waals surface area contributed by atoms with E-state index in [9.17, 15) is 4.79 Å². The van der Waals surface area contributed by atoms with E-state index in [-0.39, 0.29) is 0 Å². The summed E-state index contributed by atoms with van der Waals surface area (Å²) in [5.41, 5.74) is 3.31. The molecule has 3 N–H and O–H groups in total. The molecule has 1 amide bonds. The highest BCUT2D eigenvalue weighted by Crippen LogP contribution is 2.16. The number of aromatic nitrogens is 2. The molecule has 0 saturated carbocycles. The van der Waals surface area contributed by atoms with Crippen LogP contribution in [0.2, 0.25) is 0 Å². The van der Waals surface area contributed by atoms with Gasteiger partial charge in [-0.3, -0.25) is 10.0 Å². The Labute approximate surface area is 97.8 Å². The maximum absolute atomic E-state index is 10.8. The van der Waals surface area contributed by atoms with E-state index in [1.165, 1.54) is 11.6 Å². The van der Waals surface area contributed by atoms with Crippen molar-refractivity contribution >= 4 is 12.0 Å². The number of carbonyl (C=O) groups excluding carboxylic acids is 1. The summed E-state index contributed by atoms with van der Waals surface area (Å²) in [5.74, 6) is 0.209. The molecule has 1 heterocycles. The summed E-state index contributed by atoms with van der Waals surface area (Å²) in [6, 6.07) is 7.53. The molecular weight excluding hydrogens is 218 g/mol. The van der Waals surface area contributed by atoms with Gasteiger partial charge in [0.15, 0.2) is 0 Å². The summed E-state index contributed by atoms with van der Waals surface area (Å²) in [4.78, 5) is 18.0. The van der Waals surface area contributed by atoms with E-state index in [1.807, 2.05) is 24.3 Å². The van der Waals surface area contributed by atoms with Gasteiger partial charge < -0.3 is 4.98 Å². The van der Waals surface area contributed by atoms with Crippen LogP contribution in [0.3, 0.4) is 0 Å². The zero-order valence-corrected chi connectivity index (χ0v) is 8.92. The maximum Gasteiger partial charge on any atom is 0.267 e. The van der Waals surface area contributed by atoms with Crippen LogP contribution in [0.5, 0.6) is 0 Å². The molecule has 0 aliphatic carbocycles. The predicted molar refractivity (Wildman–Crippen MR) is 63.0 cm³/mol. The van der Waals surface area contributed by atoms with Crippen LogP contribution in [-0.2, 0) is 4.79 Å². The molecule has 0 fully saturated rings. The molecule has 5 nitrogen and oxygen atoms in total. The summed E-state index contributed by atoms with van der Waals surface area (Å²) >= 11 is 0. The van der Waals surface area contributed by atoms with Gasteiger partial charge in [-0.1, -0.05) is 18.2 Å². The minimum absolute atomic E-state index is 0.562. The Morgan fingerprint density at radius 3 is 3.06 bits per heavy atom. The van der Waals surface area contributed by atoms with Gasteiger partial charge in [0, 0.05) is 24.0 Å². The zero-order valence-electron chi connectivity index (χ0n) is 8.92. The molecule has 0 atom stereocenters. The van der Waals surface area contributed by atoms with Crippen LogP contribution in [0.25, 0.3) is 17.5 Å². The molecular formula is C12H11N3O2. The fraction of sp³-hybridized carbons (Fsp3) is 0. The lowest BCUT2D eigenvalue weighted by molar-refractivity contribution is -0.124. The first kappa shape index (κ1) is 11.1. The van der Waals surface area contributed by atoms with Crippen molar-refractivity contribution in [2.24, 2.45) is 0 Å². The van der Waals surface area contributed by atoms with Crippen molar-refractivity contribution < 1.29 is 10.0 Å². The molecule has 5 heteroatoms. The highest BCUT2D eigenvalue weighted by molar-refractivity contribution is 5.90. The third-order valence-corrected chi connectivity index (χ3v) is 2.20. The van der Waals surface area contributed by atoms with Crippen molar-refractivity contribution in [3.8, 4) is 11.4 Å². The Morgan fingerprint density at radius 1 is 1.47 bits per heavy atom. The second-order valence-corrected chi connectivity index (χ2v) is 3.37. The Bertz CT molecular complexity index is 532. The number of H-pyrrole nitrogens is 1. The lowest BCUT2D eigenvalue weighted by Crippen LogP contribution is -2.14. The number of amides is 1. The third-order valence-electron chi connectivity index (χ3n) is 2.20. The first-order chi connectivity index (χ1) is 8.29. The number of hydrogen-bond acceptors (Lipinski definition) is 3. The number of hydrogen-bond donors (Lipinski definition) is 3. The largest absolute Gasteiger partial charge is 0.345 e. The molecule has 2 rings (SSSR count). The number of imidazole rings is 1. The smallest absolute Gasteiger partial charge is 0.267 e. The second kappa shape index (κ2) is 5.09. The lowest BCUT2D eigenvalue weighted by Gasteiger charge is -1.98. The molecule has 0 spiro atoms. The van der Waals surface area contributed by atoms with E-state index < -0.39 is 5.91 Å². The Hall–Kier alpha value is -2.40. The van der Waals surface area contributed by atoms with E-state index >= 15 is 0 Å². The van der Waals surface area contributed by atoms with E-state index in [1.54, 1.807) is 18.5 Å². The third kappa shape index (κ3) is 2.79. The molecule has 0 unspecified atom stereocenters. The molecule has 2 aromatic rings. The average Bonchev–Trinajstić information content (AvgIpc) is 2.90. The van der Waals surface area contributed by atoms with E-state index in [0.717, 1.165) is 17.0 Å². The van der Waals surface area contributed by atoms with Crippen LogP contribution in [0.15, 0.2) is 42.7 Å². The molecule has 0 aliphatic rings. The van der Waals surface area contributed by atoms with Gasteiger partial charge in [-0.2, -0.15) is 0 Å². The topological polar surface area (TPSA) is 78.0 Å². The van der Waals surface area contributed by atoms with Crippen molar-refractivity contribution in [1.29, 1.82) is 0 Å². The highest BCUT2D eigenvalue weighted by atomic mass is 16.5. The van der Waals surface area contributed by atoms with Gasteiger partial charge in [-0.15, -0.1) is 0 Å². The monoisotopic (exact) mass is 229 g/mol. The molecule has 0 aliphatic heterocycles.